The zero-order chi connectivity index (χ0) is 14.7. The number of carboxylic acid groups (broad SMARTS) is 1. The summed E-state index contributed by atoms with van der Waals surface area (Å²) in [6, 6.07) is 4.32. The topological polar surface area (TPSA) is 105 Å². The van der Waals surface area contributed by atoms with Gasteiger partial charge in [0.05, 0.1) is 11.7 Å². The fourth-order valence-electron chi connectivity index (χ4n) is 1.78. The van der Waals surface area contributed by atoms with Crippen molar-refractivity contribution in [3.05, 3.63) is 47.1 Å². The third-order valence-corrected chi connectivity index (χ3v) is 2.74. The van der Waals surface area contributed by atoms with E-state index in [0.717, 1.165) is 0 Å². The molecule has 2 rings (SSSR count). The number of rotatable bonds is 4. The molecule has 0 fully saturated rings. The molecule has 0 aliphatic heterocycles. The second-order valence-corrected chi connectivity index (χ2v) is 4.22. The van der Waals surface area contributed by atoms with E-state index in [1.54, 1.807) is 25.1 Å². The molecular formula is C13H13N3O4. The first-order valence-corrected chi connectivity index (χ1v) is 5.92. The Labute approximate surface area is 114 Å². The van der Waals surface area contributed by atoms with Gasteiger partial charge in [0.25, 0.3) is 5.91 Å². The van der Waals surface area contributed by atoms with Crippen LogP contribution in [0.3, 0.4) is 0 Å². The third-order valence-electron chi connectivity index (χ3n) is 2.74. The van der Waals surface area contributed by atoms with Crippen LogP contribution >= 0.6 is 0 Å². The van der Waals surface area contributed by atoms with E-state index >= 15 is 0 Å². The first-order chi connectivity index (χ1) is 9.50. The van der Waals surface area contributed by atoms with Gasteiger partial charge in [0.2, 0.25) is 0 Å². The number of amides is 1. The number of aryl methyl sites for hydroxylation is 1. The molecule has 7 nitrogen and oxygen atoms in total. The Balaban J connectivity index is 2.19. The zero-order valence-corrected chi connectivity index (χ0v) is 11.0. The van der Waals surface area contributed by atoms with E-state index < -0.39 is 17.9 Å². The molecule has 0 aliphatic carbocycles. The predicted molar refractivity (Wildman–Crippen MR) is 68.3 cm³/mol. The van der Waals surface area contributed by atoms with Crippen LogP contribution in [-0.2, 0) is 0 Å². The Morgan fingerprint density at radius 3 is 2.75 bits per heavy atom. The second kappa shape index (κ2) is 5.52. The Morgan fingerprint density at radius 2 is 2.15 bits per heavy atom. The standard InChI is InChI=1S/C13H13N3O4/c1-7-10(13(18)19)11(20-16-7)8(2)15-12(17)9-5-3-4-6-14-9/h3-6,8H,1-2H3,(H,15,17)(H,18,19)/t8-/m1/s1. The number of hydrogen-bond acceptors (Lipinski definition) is 5. The summed E-state index contributed by atoms with van der Waals surface area (Å²) in [7, 11) is 0. The molecule has 1 atom stereocenters. The molecule has 2 N–H and O–H groups in total. The molecule has 0 spiro atoms. The molecule has 2 heterocycles. The normalized spacial score (nSPS) is 11.9. The van der Waals surface area contributed by atoms with Crippen molar-refractivity contribution < 1.29 is 19.2 Å². The summed E-state index contributed by atoms with van der Waals surface area (Å²) in [5.74, 6) is -1.44. The average molecular weight is 275 g/mol. The van der Waals surface area contributed by atoms with Crippen molar-refractivity contribution in [2.75, 3.05) is 0 Å². The van der Waals surface area contributed by atoms with Crippen molar-refractivity contribution in [1.82, 2.24) is 15.5 Å². The van der Waals surface area contributed by atoms with Crippen LogP contribution in [0.25, 0.3) is 0 Å². The Kier molecular flexibility index (Phi) is 3.79. The van der Waals surface area contributed by atoms with Crippen LogP contribution in [0.1, 0.15) is 45.3 Å². The Hall–Kier alpha value is -2.70. The van der Waals surface area contributed by atoms with E-state index in [1.807, 2.05) is 0 Å². The van der Waals surface area contributed by atoms with Crippen molar-refractivity contribution in [2.24, 2.45) is 0 Å². The van der Waals surface area contributed by atoms with Crippen LogP contribution in [-0.4, -0.2) is 27.1 Å². The minimum absolute atomic E-state index is 0.0289. The van der Waals surface area contributed by atoms with Gasteiger partial charge in [-0.2, -0.15) is 0 Å². The summed E-state index contributed by atoms with van der Waals surface area (Å²) in [5.41, 5.74) is 0.484. The van der Waals surface area contributed by atoms with Crippen molar-refractivity contribution in [3.8, 4) is 0 Å². The van der Waals surface area contributed by atoms with Crippen LogP contribution in [0.4, 0.5) is 0 Å². The van der Waals surface area contributed by atoms with Gasteiger partial charge in [-0.15, -0.1) is 0 Å². The van der Waals surface area contributed by atoms with E-state index in [4.69, 9.17) is 9.63 Å². The maximum Gasteiger partial charge on any atom is 0.341 e. The first kappa shape index (κ1) is 13.7. The number of aromatic carboxylic acids is 1. The van der Waals surface area contributed by atoms with Crippen LogP contribution in [0, 0.1) is 6.92 Å². The fraction of sp³-hybridized carbons (Fsp3) is 0.231. The number of carboxylic acids is 1. The predicted octanol–water partition coefficient (Wildman–Crippen LogP) is 1.57. The Bertz CT molecular complexity index is 636. The van der Waals surface area contributed by atoms with Gasteiger partial charge in [-0.1, -0.05) is 11.2 Å². The largest absolute Gasteiger partial charge is 0.477 e. The number of carbonyl (C=O) groups is 2. The molecule has 7 heteroatoms. The summed E-state index contributed by atoms with van der Waals surface area (Å²) in [6.45, 7) is 3.15. The highest BCUT2D eigenvalue weighted by Crippen LogP contribution is 2.21. The third kappa shape index (κ3) is 2.66. The fourth-order valence-corrected chi connectivity index (χ4v) is 1.78. The van der Waals surface area contributed by atoms with E-state index in [9.17, 15) is 9.59 Å². The van der Waals surface area contributed by atoms with Gasteiger partial charge in [-0.25, -0.2) is 4.79 Å². The molecule has 2 aromatic rings. The van der Waals surface area contributed by atoms with Crippen LogP contribution in [0.2, 0.25) is 0 Å². The molecule has 0 aromatic carbocycles. The minimum Gasteiger partial charge on any atom is -0.477 e. The number of carbonyl (C=O) groups excluding carboxylic acids is 1. The van der Waals surface area contributed by atoms with Gasteiger partial charge in [-0.3, -0.25) is 9.78 Å². The van der Waals surface area contributed by atoms with Crippen LogP contribution < -0.4 is 5.32 Å². The molecule has 0 bridgehead atoms. The number of hydrogen-bond donors (Lipinski definition) is 2. The lowest BCUT2D eigenvalue weighted by Crippen LogP contribution is -2.28. The number of pyridine rings is 1. The molecule has 0 unspecified atom stereocenters. The minimum atomic E-state index is -1.14. The lowest BCUT2D eigenvalue weighted by Gasteiger charge is -2.11. The summed E-state index contributed by atoms with van der Waals surface area (Å²) < 4.78 is 4.99. The van der Waals surface area contributed by atoms with Crippen molar-refractivity contribution in [3.63, 3.8) is 0 Å². The molecule has 104 valence electrons. The highest BCUT2D eigenvalue weighted by atomic mass is 16.5. The van der Waals surface area contributed by atoms with E-state index in [-0.39, 0.29) is 22.7 Å². The second-order valence-electron chi connectivity index (χ2n) is 4.22. The summed E-state index contributed by atoms with van der Waals surface area (Å²) in [4.78, 5) is 27.0. The highest BCUT2D eigenvalue weighted by molar-refractivity contribution is 5.93. The van der Waals surface area contributed by atoms with Gasteiger partial charge < -0.3 is 14.9 Å². The lowest BCUT2D eigenvalue weighted by atomic mass is 10.1. The maximum absolute atomic E-state index is 11.9. The number of nitrogens with one attached hydrogen (secondary N) is 1. The molecule has 20 heavy (non-hydrogen) atoms. The van der Waals surface area contributed by atoms with E-state index in [0.29, 0.717) is 0 Å². The van der Waals surface area contributed by atoms with Gasteiger partial charge in [0.15, 0.2) is 5.76 Å². The SMILES string of the molecule is Cc1noc([C@@H](C)NC(=O)c2ccccn2)c1C(=O)O. The molecule has 1 amide bonds. The van der Waals surface area contributed by atoms with Crippen molar-refractivity contribution >= 4 is 11.9 Å². The lowest BCUT2D eigenvalue weighted by molar-refractivity contribution is 0.0690. The molecule has 0 saturated heterocycles. The van der Waals surface area contributed by atoms with Gasteiger partial charge >= 0.3 is 5.97 Å². The maximum atomic E-state index is 11.9. The van der Waals surface area contributed by atoms with Crippen molar-refractivity contribution in [2.45, 2.75) is 19.9 Å². The monoisotopic (exact) mass is 275 g/mol. The van der Waals surface area contributed by atoms with Gasteiger partial charge in [0.1, 0.15) is 11.3 Å². The Morgan fingerprint density at radius 1 is 1.40 bits per heavy atom. The number of aromatic nitrogens is 2. The summed E-state index contributed by atoms with van der Waals surface area (Å²) >= 11 is 0. The smallest absolute Gasteiger partial charge is 0.341 e. The van der Waals surface area contributed by atoms with Gasteiger partial charge in [-0.05, 0) is 26.0 Å². The average Bonchev–Trinajstić information content (AvgIpc) is 2.81. The molecule has 2 aromatic heterocycles. The zero-order valence-electron chi connectivity index (χ0n) is 11.0. The summed E-state index contributed by atoms with van der Waals surface area (Å²) in [5, 5.41) is 15.3. The molecular weight excluding hydrogens is 262 g/mol. The van der Waals surface area contributed by atoms with E-state index in [1.165, 1.54) is 13.1 Å². The molecule has 0 saturated carbocycles. The van der Waals surface area contributed by atoms with Crippen LogP contribution in [0.15, 0.2) is 28.9 Å². The van der Waals surface area contributed by atoms with Gasteiger partial charge in [0, 0.05) is 6.20 Å². The quantitative estimate of drug-likeness (QED) is 0.877. The highest BCUT2D eigenvalue weighted by Gasteiger charge is 2.25. The molecule has 0 aliphatic rings. The summed E-state index contributed by atoms with van der Waals surface area (Å²) in [6.07, 6.45) is 1.50. The first-order valence-electron chi connectivity index (χ1n) is 5.92. The van der Waals surface area contributed by atoms with E-state index in [2.05, 4.69) is 15.5 Å². The molecule has 0 radical (unpaired) electrons. The van der Waals surface area contributed by atoms with Crippen molar-refractivity contribution in [1.29, 1.82) is 0 Å². The number of nitrogens with zero attached hydrogens (tertiary/aromatic N) is 2. The van der Waals surface area contributed by atoms with Crippen LogP contribution in [0.5, 0.6) is 0 Å².